The van der Waals surface area contributed by atoms with Crippen LogP contribution in [-0.2, 0) is 94.4 Å². The highest BCUT2D eigenvalue weighted by molar-refractivity contribution is 6.64. The van der Waals surface area contributed by atoms with E-state index >= 15 is 0 Å². The second-order valence-corrected chi connectivity index (χ2v) is 54.6. The molecule has 25 heteroatoms. The number of carbonyl (C=O) groups is 12. The van der Waals surface area contributed by atoms with Crippen LogP contribution in [0.25, 0.3) is 0 Å². The van der Waals surface area contributed by atoms with Crippen molar-refractivity contribution < 1.29 is 107 Å². The molecule has 0 bridgehead atoms. The number of fused-ring (bicyclic) bond motifs is 21. The lowest BCUT2D eigenvalue weighted by atomic mass is 9.33. The van der Waals surface area contributed by atoms with Gasteiger partial charge in [-0.25, -0.2) is 0 Å². The number of methoxy groups -OCH3 is 3. The Morgan fingerprint density at radius 2 is 0.653 bits per heavy atom. The van der Waals surface area contributed by atoms with Crippen LogP contribution >= 0.6 is 24.0 Å². The maximum atomic E-state index is 14.8. The van der Waals surface area contributed by atoms with Crippen molar-refractivity contribution in [3.8, 4) is 0 Å². The van der Waals surface area contributed by atoms with Crippen molar-refractivity contribution in [2.75, 3.05) is 48.3 Å². The molecule has 7 N–H and O–H groups in total. The maximum absolute atomic E-state index is 14.8. The first-order chi connectivity index (χ1) is 68.0. The Labute approximate surface area is 887 Å². The summed E-state index contributed by atoms with van der Waals surface area (Å²) in [5.41, 5.74) is 6.07. The number of halogens is 2. The van der Waals surface area contributed by atoms with Crippen molar-refractivity contribution in [1.82, 2.24) is 0 Å². The van der Waals surface area contributed by atoms with Crippen LogP contribution in [-0.4, -0.2) is 150 Å². The van der Waals surface area contributed by atoms with Gasteiger partial charge in [0.05, 0.1) is 69.2 Å². The Kier molecular flexibility index (Phi) is 34.4. The van der Waals surface area contributed by atoms with Crippen LogP contribution in [0.2, 0.25) is 0 Å². The lowest BCUT2D eigenvalue weighted by molar-refractivity contribution is -0.196. The highest BCUT2D eigenvalue weighted by Gasteiger charge is 2.76. The second-order valence-electron chi connectivity index (χ2n) is 54.2. The van der Waals surface area contributed by atoms with Crippen molar-refractivity contribution in [3.05, 3.63) is 107 Å². The summed E-state index contributed by atoms with van der Waals surface area (Å²) in [6.45, 7) is 47.0. The van der Waals surface area contributed by atoms with Gasteiger partial charge < -0.3 is 55.0 Å². The van der Waals surface area contributed by atoms with E-state index in [9.17, 15) is 72.9 Å². The third-order valence-electron chi connectivity index (χ3n) is 45.9. The van der Waals surface area contributed by atoms with E-state index < -0.39 is 71.2 Å². The van der Waals surface area contributed by atoms with Crippen molar-refractivity contribution in [1.29, 1.82) is 0 Å². The van der Waals surface area contributed by atoms with Gasteiger partial charge in [-0.2, -0.15) is 0 Å². The second kappa shape index (κ2) is 42.6. The number of carboxylic acids is 1. The van der Waals surface area contributed by atoms with Gasteiger partial charge >= 0.3 is 35.8 Å². The zero-order valence-electron chi connectivity index (χ0n) is 93.2. The first-order valence-corrected chi connectivity index (χ1v) is 55.3. The predicted molar refractivity (Wildman–Crippen MR) is 567 cm³/mol. The third-order valence-corrected chi connectivity index (χ3v) is 46.2. The van der Waals surface area contributed by atoms with Crippen LogP contribution in [0.5, 0.6) is 0 Å². The van der Waals surface area contributed by atoms with Crippen LogP contribution in [0, 0.1) is 180 Å². The smallest absolute Gasteiger partial charge is 0.325 e. The number of hydrogen-bond donors (Lipinski definition) is 6. The molecule has 0 spiro atoms. The Balaban J connectivity index is 0.000000187. The molecule has 2 aromatic carbocycles. The number of ketones is 5. The summed E-state index contributed by atoms with van der Waals surface area (Å²) in [6, 6.07) is 18.8. The molecule has 0 radical (unpaired) electrons. The number of aliphatic hydroxyl groups is 4. The zero-order chi connectivity index (χ0) is 108. The van der Waals surface area contributed by atoms with E-state index in [-0.39, 0.29) is 237 Å². The number of ether oxygens (including phenoxy) is 5. The van der Waals surface area contributed by atoms with Crippen LogP contribution in [0.3, 0.4) is 0 Å². The predicted octanol–water partition coefficient (Wildman–Crippen LogP) is 22.1. The van der Waals surface area contributed by atoms with Crippen LogP contribution in [0.4, 0.5) is 0 Å². The van der Waals surface area contributed by atoms with E-state index in [0.717, 1.165) is 159 Å². The van der Waals surface area contributed by atoms with Crippen molar-refractivity contribution >= 4 is 94.0 Å². The lowest BCUT2D eigenvalue weighted by Gasteiger charge is -2.70. The number of rotatable bonds is 20. The fourth-order valence-corrected chi connectivity index (χ4v) is 36.6. The molecule has 12 saturated carbocycles. The monoisotopic (exact) mass is 2080 g/mol. The van der Waals surface area contributed by atoms with Gasteiger partial charge in [-0.15, -0.1) is 12.4 Å². The van der Waals surface area contributed by atoms with Crippen LogP contribution < -0.4 is 5.73 Å². The van der Waals surface area contributed by atoms with E-state index in [0.29, 0.717) is 38.7 Å². The van der Waals surface area contributed by atoms with Gasteiger partial charge in [0.25, 0.3) is 0 Å². The molecule has 0 aliphatic heterocycles. The van der Waals surface area contributed by atoms with E-state index in [1.807, 2.05) is 79.7 Å². The van der Waals surface area contributed by atoms with E-state index in [1.165, 1.54) is 38.0 Å². The average Bonchev–Trinajstić information content (AvgIpc) is 0.677. The molecule has 818 valence electrons. The first kappa shape index (κ1) is 119. The van der Waals surface area contributed by atoms with Gasteiger partial charge in [-0.1, -0.05) is 202 Å². The summed E-state index contributed by atoms with van der Waals surface area (Å²) >= 11 is 6.15. The average molecular weight is 2080 g/mol. The zero-order valence-corrected chi connectivity index (χ0v) is 94.8. The molecule has 147 heavy (non-hydrogen) atoms. The number of Topliss-reactive ketones (excluding diaryl/α,β-unsaturated/α-hetero) is 2. The third kappa shape index (κ3) is 19.8. The van der Waals surface area contributed by atoms with Crippen molar-refractivity contribution in [3.63, 3.8) is 0 Å². The first-order valence-electron chi connectivity index (χ1n) is 54.9. The fraction of sp³-hybridized carbons (Fsp3) is 0.754. The molecule has 0 heterocycles. The topological polar surface area (TPSA) is 378 Å². The standard InChI is InChI=1S/C43H60O7.C38H51ClO4.C36H54O7.C4H9NO3.CH4O.ClH/c1-38(2)29(32(45)22-28(25-44)36(47)49-8)14-16-41(5)34(38)15-17-43(7)35(41)33(46)23-30-31-24-40(4,19-18-39(31,3)20-21-42(30,43)6)37(48)50-26-27-12-10-9-11-13-27;1-33(2)25(31(39)41)13-15-36(5)29(33)14-16-38(7)30(36)28(40)21-26-27-22-35(4,18-17-34(27,3)19-20-37(26,38)6)32(42)43-23-24-11-9-8-10-12-24;1-31(2)22(25(38)17-21(20-37)29(40)43-8)9-11-34(5)27(31)10-12-36(7)28(34)26(39)18-23-24-19-33(4,30(41)42)14-13-32(24,3)15-16-35(23,36)6;1-8-4(7)3(5)2-6;1-2;/h9-13,23,28-29,31,34-35,44H,14-22,24-26H2,1-8H3;8-12,21,25,27,29-30H,13-20,22-23H2,1-7H3;18,21-22,24,27-28,37H,9-17,19-20H2,1-8H3,(H,41,42);3,6H,2,5H2,1H3;2H,1H3;1H/t28-,29+,31-,34-,35+,39+,40-,41-,42+,43+;25-,27+,29+,30-,34-,35+,36+,37-,38-;21-,22+,24-,27-,28+,32+,33-,34-,35+,36+;3-;;/m0100../s1. The normalized spacial score (nSPS) is 41.2. The van der Waals surface area contributed by atoms with Crippen molar-refractivity contribution in [2.45, 2.75) is 351 Å². The van der Waals surface area contributed by atoms with E-state index in [1.54, 1.807) is 0 Å². The number of hydrogen-bond acceptors (Lipinski definition) is 22. The van der Waals surface area contributed by atoms with Gasteiger partial charge in [0.15, 0.2) is 17.3 Å². The molecule has 12 fully saturated rings. The van der Waals surface area contributed by atoms with Gasteiger partial charge in [0.2, 0.25) is 5.24 Å². The van der Waals surface area contributed by atoms with Crippen molar-refractivity contribution in [2.24, 2.45) is 186 Å². The van der Waals surface area contributed by atoms with Crippen LogP contribution in [0.15, 0.2) is 95.6 Å². The molecule has 17 rings (SSSR count). The molecule has 0 aromatic heterocycles. The molecule has 23 nitrogen and oxygen atoms in total. The number of esters is 5. The molecule has 2 aromatic rings. The fourth-order valence-electron chi connectivity index (χ4n) is 36.3. The summed E-state index contributed by atoms with van der Waals surface area (Å²) in [5.74, 6) is -3.73. The number of benzene rings is 2. The van der Waals surface area contributed by atoms with Gasteiger partial charge in [0, 0.05) is 55.5 Å². The molecular weight excluding hydrogens is 1900 g/mol. The summed E-state index contributed by atoms with van der Waals surface area (Å²) in [7, 11) is 4.78. The number of aliphatic hydroxyl groups excluding tert-OH is 4. The SMILES string of the molecule is CC1(C)[C@@H](C(=O)Cl)CC[C@]2(C)[C@H]3C(=O)C=C4[C@@H]5C[C@@](C)(C(=O)OCc6ccccc6)CC[C@]5(C)CC[C@@]4(C)[C@]3(C)CC[C@@H]12.CO.COC(=O)[C@@H](N)CO.COC(=O)[C@H](CO)CC(=O)[C@H]1CC[C@]2(C)[C@H]3C(=O)C=C4[C@@H]5C[C@@](C)(C(=O)O)CC[C@]5(C)CC[C@@]4(C)[C@]3(C)CC[C@H]2C1(C)C.COC(=O)[C@H](CO)CC(=O)[C@H]1CC[C@]2(C)[C@H]3C(=O)C=C4[C@@H]5C[C@@](C)(C(=O)OCc6ccccc6)CC[C@]5(C)CC[C@@]4(C)[C@]3(C)CC[C@H]2C1(C)C.Cl. The van der Waals surface area contributed by atoms with E-state index in [2.05, 4.69) is 149 Å². The molecule has 15 aliphatic rings. The Bertz CT molecular complexity index is 5410. The lowest BCUT2D eigenvalue weighted by Crippen LogP contribution is -2.66. The Morgan fingerprint density at radius 3 is 0.925 bits per heavy atom. The highest BCUT2D eigenvalue weighted by Crippen LogP contribution is 2.81. The summed E-state index contributed by atoms with van der Waals surface area (Å²) in [4.78, 5) is 158. The minimum absolute atomic E-state index is 0. The number of allylic oxidation sites excluding steroid dienone is 6. The summed E-state index contributed by atoms with van der Waals surface area (Å²) in [5, 5.41) is 44.7. The molecular formula is C122H179Cl2NO22. The quantitative estimate of drug-likeness (QED) is 0.0407. The summed E-state index contributed by atoms with van der Waals surface area (Å²) in [6.07, 6.45) is 29.6. The largest absolute Gasteiger partial charge is 0.481 e. The van der Waals surface area contributed by atoms with Gasteiger partial charge in [-0.3, -0.25) is 57.5 Å². The molecule has 0 amide bonds. The number of carbonyl (C=O) groups excluding carboxylic acids is 11. The Hall–Kier alpha value is -7.12. The highest BCUT2D eigenvalue weighted by atomic mass is 35.5. The molecule has 30 atom stereocenters. The molecule has 0 saturated heterocycles. The van der Waals surface area contributed by atoms with Gasteiger partial charge in [-0.05, 0) is 352 Å². The minimum atomic E-state index is -0.889. The summed E-state index contributed by atoms with van der Waals surface area (Å²) < 4.78 is 25.7. The van der Waals surface area contributed by atoms with Crippen LogP contribution in [0.1, 0.15) is 343 Å². The Morgan fingerprint density at radius 1 is 0.374 bits per heavy atom. The number of nitrogens with two attached hydrogens (primary N) is 1. The van der Waals surface area contributed by atoms with E-state index in [4.69, 9.17) is 46.5 Å². The number of aliphatic carboxylic acids is 1. The molecule has 0 unspecified atom stereocenters. The number of carboxylic acid groups (broad SMARTS) is 1. The minimum Gasteiger partial charge on any atom is -0.481 e. The van der Waals surface area contributed by atoms with Gasteiger partial charge in [0.1, 0.15) is 30.8 Å². The molecule has 15 aliphatic carbocycles. The maximum Gasteiger partial charge on any atom is 0.325 e.